The average molecular weight is 329 g/mol. The van der Waals surface area contributed by atoms with E-state index in [-0.39, 0.29) is 12.5 Å². The number of carboxylic acids is 1. The van der Waals surface area contributed by atoms with Gasteiger partial charge in [-0.1, -0.05) is 32.0 Å². The molecule has 0 aliphatic carbocycles. The number of aryl methyl sites for hydroxylation is 1. The second-order valence-corrected chi connectivity index (χ2v) is 6.17. The monoisotopic (exact) mass is 329 g/mol. The highest BCUT2D eigenvalue weighted by molar-refractivity contribution is 6.08. The molecular weight excluding hydrogens is 306 g/mol. The van der Waals surface area contributed by atoms with Crippen molar-refractivity contribution in [1.29, 1.82) is 0 Å². The molecule has 0 atom stereocenters. The predicted octanol–water partition coefficient (Wildman–Crippen LogP) is 2.97. The lowest BCUT2D eigenvalue weighted by Crippen LogP contribution is -2.36. The fraction of sp³-hybridized carbons (Fsp3) is 0.389. The smallest absolute Gasteiger partial charge is 0.323 e. The lowest BCUT2D eigenvalue weighted by molar-refractivity contribution is -0.135. The van der Waals surface area contributed by atoms with Gasteiger partial charge < -0.3 is 5.11 Å². The van der Waals surface area contributed by atoms with Crippen molar-refractivity contribution in [3.8, 4) is 0 Å². The summed E-state index contributed by atoms with van der Waals surface area (Å²) in [6, 6.07) is 8.81. The number of hydrogen-bond acceptors (Lipinski definition) is 3. The molecule has 0 spiro atoms. The summed E-state index contributed by atoms with van der Waals surface area (Å²) in [5.41, 5.74) is 1.75. The van der Waals surface area contributed by atoms with Gasteiger partial charge in [0.1, 0.15) is 6.54 Å². The van der Waals surface area contributed by atoms with Crippen LogP contribution in [0, 0.1) is 12.8 Å². The van der Waals surface area contributed by atoms with Gasteiger partial charge in [-0.15, -0.1) is 0 Å². The minimum atomic E-state index is -1.06. The Labute approximate surface area is 141 Å². The molecule has 0 bridgehead atoms. The van der Waals surface area contributed by atoms with E-state index < -0.39 is 5.97 Å². The van der Waals surface area contributed by atoms with Gasteiger partial charge in [-0.3, -0.25) is 19.2 Å². The molecule has 0 aliphatic rings. The van der Waals surface area contributed by atoms with E-state index in [2.05, 4.69) is 18.9 Å². The first-order chi connectivity index (χ1) is 11.4. The van der Waals surface area contributed by atoms with Gasteiger partial charge in [0.15, 0.2) is 0 Å². The highest BCUT2D eigenvalue weighted by Crippen LogP contribution is 2.19. The van der Waals surface area contributed by atoms with Crippen LogP contribution >= 0.6 is 0 Å². The Morgan fingerprint density at radius 1 is 1.25 bits per heavy atom. The van der Waals surface area contributed by atoms with E-state index >= 15 is 0 Å². The van der Waals surface area contributed by atoms with E-state index in [0.29, 0.717) is 17.2 Å². The normalized spacial score (nSPS) is 10.8. The standard InChI is InChI=1S/C18H23N3O3/c1-13(2)9-10-21-14(3)16(11-19-21)18(24)20(12-17(22)23)15-7-5-4-6-8-15/h4-8,11,13H,9-10,12H2,1-3H3,(H,22,23). The van der Waals surface area contributed by atoms with E-state index in [1.807, 2.05) is 13.0 Å². The lowest BCUT2D eigenvalue weighted by atomic mass is 10.1. The summed E-state index contributed by atoms with van der Waals surface area (Å²) in [7, 11) is 0. The first-order valence-corrected chi connectivity index (χ1v) is 8.01. The largest absolute Gasteiger partial charge is 0.480 e. The first-order valence-electron chi connectivity index (χ1n) is 8.01. The number of carbonyl (C=O) groups excluding carboxylic acids is 1. The molecule has 0 saturated carbocycles. The molecule has 128 valence electrons. The number of hydrogen-bond donors (Lipinski definition) is 1. The molecular formula is C18H23N3O3. The summed E-state index contributed by atoms with van der Waals surface area (Å²) >= 11 is 0. The summed E-state index contributed by atoms with van der Waals surface area (Å²) in [6.07, 6.45) is 2.49. The molecule has 1 amide bonds. The number of aliphatic carboxylic acids is 1. The summed E-state index contributed by atoms with van der Waals surface area (Å²) in [5, 5.41) is 13.4. The second-order valence-electron chi connectivity index (χ2n) is 6.17. The van der Waals surface area contributed by atoms with Crippen LogP contribution in [0.1, 0.15) is 36.3 Å². The summed E-state index contributed by atoms with van der Waals surface area (Å²) in [5.74, 6) is -0.866. The number of carbonyl (C=O) groups is 2. The molecule has 1 aromatic heterocycles. The number of carboxylic acid groups (broad SMARTS) is 1. The summed E-state index contributed by atoms with van der Waals surface area (Å²) in [4.78, 5) is 25.3. The molecule has 0 fully saturated rings. The number of para-hydroxylation sites is 1. The van der Waals surface area contributed by atoms with E-state index in [1.54, 1.807) is 28.9 Å². The van der Waals surface area contributed by atoms with Gasteiger partial charge in [-0.05, 0) is 31.4 Å². The summed E-state index contributed by atoms with van der Waals surface area (Å²) < 4.78 is 1.80. The van der Waals surface area contributed by atoms with Gasteiger partial charge in [0.2, 0.25) is 0 Å². The highest BCUT2D eigenvalue weighted by Gasteiger charge is 2.24. The van der Waals surface area contributed by atoms with Crippen molar-refractivity contribution < 1.29 is 14.7 Å². The minimum absolute atomic E-state index is 0.350. The molecule has 0 aliphatic heterocycles. The van der Waals surface area contributed by atoms with Gasteiger partial charge in [-0.2, -0.15) is 5.10 Å². The van der Waals surface area contributed by atoms with Gasteiger partial charge in [-0.25, -0.2) is 0 Å². The van der Waals surface area contributed by atoms with E-state index in [1.165, 1.54) is 11.1 Å². The Balaban J connectivity index is 2.28. The number of benzene rings is 1. The van der Waals surface area contributed by atoms with Crippen LogP contribution in [0.4, 0.5) is 5.69 Å². The molecule has 0 radical (unpaired) electrons. The van der Waals surface area contributed by atoms with Crippen molar-refractivity contribution in [2.75, 3.05) is 11.4 Å². The number of rotatable bonds is 7. The van der Waals surface area contributed by atoms with E-state index in [9.17, 15) is 9.59 Å². The SMILES string of the molecule is Cc1c(C(=O)N(CC(=O)O)c2ccccc2)cnn1CCC(C)C. The minimum Gasteiger partial charge on any atom is -0.480 e. The third kappa shape index (κ3) is 4.22. The van der Waals surface area contributed by atoms with Gasteiger partial charge in [0, 0.05) is 17.9 Å². The fourth-order valence-electron chi connectivity index (χ4n) is 2.43. The molecule has 6 nitrogen and oxygen atoms in total. The molecule has 0 unspecified atom stereocenters. The maximum Gasteiger partial charge on any atom is 0.323 e. The third-order valence-corrected chi connectivity index (χ3v) is 3.86. The number of anilines is 1. The van der Waals surface area contributed by atoms with Gasteiger partial charge >= 0.3 is 5.97 Å². The number of nitrogens with zero attached hydrogens (tertiary/aromatic N) is 3. The number of amides is 1. The van der Waals surface area contributed by atoms with Crippen LogP contribution < -0.4 is 4.90 Å². The topological polar surface area (TPSA) is 75.4 Å². The van der Waals surface area contributed by atoms with Crippen molar-refractivity contribution in [2.24, 2.45) is 5.92 Å². The fourth-order valence-corrected chi connectivity index (χ4v) is 2.43. The Morgan fingerprint density at radius 2 is 1.92 bits per heavy atom. The molecule has 1 N–H and O–H groups in total. The highest BCUT2D eigenvalue weighted by atomic mass is 16.4. The van der Waals surface area contributed by atoms with Crippen LogP contribution in [0.15, 0.2) is 36.5 Å². The Kier molecular flexibility index (Phi) is 5.73. The van der Waals surface area contributed by atoms with Crippen LogP contribution in [-0.4, -0.2) is 33.3 Å². The lowest BCUT2D eigenvalue weighted by Gasteiger charge is -2.20. The summed E-state index contributed by atoms with van der Waals surface area (Å²) in [6.45, 7) is 6.45. The molecule has 2 aromatic rings. The Hall–Kier alpha value is -2.63. The molecule has 0 saturated heterocycles. The van der Waals surface area contributed by atoms with Crippen molar-refractivity contribution in [3.63, 3.8) is 0 Å². The van der Waals surface area contributed by atoms with Gasteiger partial charge in [0.25, 0.3) is 5.91 Å². The van der Waals surface area contributed by atoms with Crippen molar-refractivity contribution >= 4 is 17.6 Å². The predicted molar refractivity (Wildman–Crippen MR) is 92.2 cm³/mol. The van der Waals surface area contributed by atoms with Crippen LogP contribution in [0.3, 0.4) is 0 Å². The third-order valence-electron chi connectivity index (χ3n) is 3.86. The molecule has 1 heterocycles. The number of aromatic nitrogens is 2. The molecule has 6 heteroatoms. The zero-order valence-electron chi connectivity index (χ0n) is 14.3. The molecule has 1 aromatic carbocycles. The quantitative estimate of drug-likeness (QED) is 0.847. The van der Waals surface area contributed by atoms with Crippen molar-refractivity contribution in [2.45, 2.75) is 33.7 Å². The first kappa shape index (κ1) is 17.7. The zero-order chi connectivity index (χ0) is 17.7. The maximum absolute atomic E-state index is 12.9. The van der Waals surface area contributed by atoms with Gasteiger partial charge in [0.05, 0.1) is 11.8 Å². The van der Waals surface area contributed by atoms with E-state index in [4.69, 9.17) is 5.11 Å². The average Bonchev–Trinajstić information content (AvgIpc) is 2.91. The Morgan fingerprint density at radius 3 is 2.50 bits per heavy atom. The molecule has 2 rings (SSSR count). The van der Waals surface area contributed by atoms with Crippen molar-refractivity contribution in [1.82, 2.24) is 9.78 Å². The van der Waals surface area contributed by atoms with Crippen LogP contribution in [0.25, 0.3) is 0 Å². The Bertz CT molecular complexity index is 708. The van der Waals surface area contributed by atoms with Crippen LogP contribution in [0.2, 0.25) is 0 Å². The van der Waals surface area contributed by atoms with E-state index in [0.717, 1.165) is 18.7 Å². The van der Waals surface area contributed by atoms with Crippen LogP contribution in [0.5, 0.6) is 0 Å². The maximum atomic E-state index is 12.9. The van der Waals surface area contributed by atoms with Crippen molar-refractivity contribution in [3.05, 3.63) is 47.8 Å². The molecule has 24 heavy (non-hydrogen) atoms. The second kappa shape index (κ2) is 7.77. The zero-order valence-corrected chi connectivity index (χ0v) is 14.3. The van der Waals surface area contributed by atoms with Crippen LogP contribution in [-0.2, 0) is 11.3 Å².